The van der Waals surface area contributed by atoms with Gasteiger partial charge in [-0.05, 0) is 82.3 Å². The lowest BCUT2D eigenvalue weighted by molar-refractivity contribution is -0.162. The molecular weight excluding hydrogens is 533 g/mol. The number of carbonyl (C=O) groups is 1. The second kappa shape index (κ2) is 9.99. The van der Waals surface area contributed by atoms with E-state index in [-0.39, 0.29) is 18.9 Å². The van der Waals surface area contributed by atoms with Crippen molar-refractivity contribution in [3.8, 4) is 0 Å². The lowest BCUT2D eigenvalue weighted by Gasteiger charge is -2.46. The molecule has 0 aromatic heterocycles. The van der Waals surface area contributed by atoms with Crippen molar-refractivity contribution in [2.24, 2.45) is 0 Å². The molecule has 2 aromatic carbocycles. The van der Waals surface area contributed by atoms with Crippen LogP contribution in [0.5, 0.6) is 0 Å². The van der Waals surface area contributed by atoms with Crippen LogP contribution in [-0.4, -0.2) is 45.4 Å². The van der Waals surface area contributed by atoms with Crippen LogP contribution in [0.15, 0.2) is 47.4 Å². The molecule has 0 radical (unpaired) electrons. The van der Waals surface area contributed by atoms with Crippen LogP contribution < -0.4 is 9.21 Å². The predicted octanol–water partition coefficient (Wildman–Crippen LogP) is 6.08. The quantitative estimate of drug-likeness (QED) is 0.407. The van der Waals surface area contributed by atoms with Gasteiger partial charge in [0.1, 0.15) is 0 Å². The van der Waals surface area contributed by atoms with E-state index in [1.807, 2.05) is 33.8 Å². The number of halogens is 3. The monoisotopic (exact) mass is 568 g/mol. The summed E-state index contributed by atoms with van der Waals surface area (Å²) in [5.74, 6) is -0.455. The van der Waals surface area contributed by atoms with Crippen molar-refractivity contribution in [1.29, 1.82) is 0 Å². The van der Waals surface area contributed by atoms with Crippen LogP contribution in [0.25, 0.3) is 0 Å². The van der Waals surface area contributed by atoms with Gasteiger partial charge in [0.15, 0.2) is 6.23 Å². The summed E-state index contributed by atoms with van der Waals surface area (Å²) in [6.07, 6.45) is -4.16. The maximum atomic E-state index is 13.9. The molecular formula is C28H35F3N2O5S. The molecule has 214 valence electrons. The molecule has 2 aliphatic rings. The van der Waals surface area contributed by atoms with E-state index < -0.39 is 50.1 Å². The fourth-order valence-corrected chi connectivity index (χ4v) is 7.19. The number of fused-ring (bicyclic) bond motifs is 1. The van der Waals surface area contributed by atoms with Gasteiger partial charge in [0, 0.05) is 13.5 Å². The number of sulfonamides is 1. The summed E-state index contributed by atoms with van der Waals surface area (Å²) in [6.45, 7) is 9.42. The van der Waals surface area contributed by atoms with Crippen LogP contribution in [0.3, 0.4) is 0 Å². The highest BCUT2D eigenvalue weighted by molar-refractivity contribution is 7.92. The average molecular weight is 569 g/mol. The molecule has 2 heterocycles. The number of anilines is 2. The fourth-order valence-electron chi connectivity index (χ4n) is 5.68. The summed E-state index contributed by atoms with van der Waals surface area (Å²) < 4.78 is 80.9. The maximum Gasteiger partial charge on any atom is 0.416 e. The molecule has 1 saturated heterocycles. The van der Waals surface area contributed by atoms with Crippen molar-refractivity contribution in [2.75, 3.05) is 22.8 Å². The summed E-state index contributed by atoms with van der Waals surface area (Å²) in [7, 11) is -2.76. The second-order valence-electron chi connectivity index (χ2n) is 11.4. The lowest BCUT2D eigenvalue weighted by Crippen LogP contribution is -2.51. The number of nitrogens with zero attached hydrogens (tertiary/aromatic N) is 2. The van der Waals surface area contributed by atoms with Crippen LogP contribution >= 0.6 is 0 Å². The highest BCUT2D eigenvalue weighted by atomic mass is 32.2. The minimum absolute atomic E-state index is 0.0631. The number of rotatable bonds is 5. The molecule has 4 rings (SSSR count). The molecule has 7 nitrogen and oxygen atoms in total. The van der Waals surface area contributed by atoms with Gasteiger partial charge in [-0.3, -0.25) is 9.10 Å². The molecule has 0 N–H and O–H groups in total. The van der Waals surface area contributed by atoms with E-state index >= 15 is 0 Å². The first-order valence-corrected chi connectivity index (χ1v) is 14.3. The van der Waals surface area contributed by atoms with Crippen LogP contribution in [0.2, 0.25) is 0 Å². The number of hydrogen-bond donors (Lipinski definition) is 0. The Bertz CT molecular complexity index is 1340. The van der Waals surface area contributed by atoms with E-state index in [2.05, 4.69) is 0 Å². The molecule has 39 heavy (non-hydrogen) atoms. The van der Waals surface area contributed by atoms with Gasteiger partial charge in [0.2, 0.25) is 0 Å². The van der Waals surface area contributed by atoms with Crippen molar-refractivity contribution in [3.63, 3.8) is 0 Å². The fraction of sp³-hybridized carbons (Fsp3) is 0.536. The summed E-state index contributed by atoms with van der Waals surface area (Å²) >= 11 is 0. The molecule has 0 bridgehead atoms. The van der Waals surface area contributed by atoms with Gasteiger partial charge in [-0.2, -0.15) is 13.2 Å². The van der Waals surface area contributed by atoms with Gasteiger partial charge < -0.3 is 14.4 Å². The van der Waals surface area contributed by atoms with E-state index in [1.54, 1.807) is 31.0 Å². The average Bonchev–Trinajstić information content (AvgIpc) is 2.82. The summed E-state index contributed by atoms with van der Waals surface area (Å²) in [5.41, 5.74) is -0.157. The van der Waals surface area contributed by atoms with Crippen LogP contribution in [0.1, 0.15) is 70.9 Å². The van der Waals surface area contributed by atoms with Gasteiger partial charge in [-0.25, -0.2) is 8.42 Å². The van der Waals surface area contributed by atoms with Gasteiger partial charge in [-0.1, -0.05) is 19.1 Å². The highest BCUT2D eigenvalue weighted by Gasteiger charge is 2.42. The van der Waals surface area contributed by atoms with E-state index in [0.717, 1.165) is 28.1 Å². The van der Waals surface area contributed by atoms with Crippen LogP contribution in [-0.2, 0) is 30.5 Å². The van der Waals surface area contributed by atoms with E-state index in [0.29, 0.717) is 30.3 Å². The summed E-state index contributed by atoms with van der Waals surface area (Å²) in [5, 5.41) is 0. The van der Waals surface area contributed by atoms with Gasteiger partial charge in [-0.15, -0.1) is 0 Å². The highest BCUT2D eigenvalue weighted by Crippen LogP contribution is 2.46. The van der Waals surface area contributed by atoms with Crippen molar-refractivity contribution < 1.29 is 35.9 Å². The molecule has 2 aromatic rings. The van der Waals surface area contributed by atoms with Gasteiger partial charge in [0.05, 0.1) is 39.6 Å². The van der Waals surface area contributed by atoms with Gasteiger partial charge in [0.25, 0.3) is 10.0 Å². The zero-order chi connectivity index (χ0) is 29.0. The number of carbonyl (C=O) groups excluding carboxylic acids is 1. The van der Waals surface area contributed by atoms with E-state index in [4.69, 9.17) is 9.47 Å². The molecule has 1 atom stereocenters. The normalized spacial score (nSPS) is 21.4. The van der Waals surface area contributed by atoms with Crippen LogP contribution in [0.4, 0.5) is 24.5 Å². The number of ether oxygens (including phenoxy) is 2. The van der Waals surface area contributed by atoms with Crippen LogP contribution in [0, 0.1) is 0 Å². The molecule has 0 aliphatic carbocycles. The lowest BCUT2D eigenvalue weighted by atomic mass is 9.77. The summed E-state index contributed by atoms with van der Waals surface area (Å²) in [4.78, 5) is 13.3. The number of likely N-dealkylation sites (N-methyl/N-ethyl adjacent to an activating group) is 1. The molecule has 0 spiro atoms. The Morgan fingerprint density at radius 3 is 2.28 bits per heavy atom. The van der Waals surface area contributed by atoms with Crippen molar-refractivity contribution in [2.45, 2.75) is 88.3 Å². The second-order valence-corrected chi connectivity index (χ2v) is 13.3. The molecule has 11 heteroatoms. The third kappa shape index (κ3) is 6.04. The first-order chi connectivity index (χ1) is 17.9. The number of esters is 1. The van der Waals surface area contributed by atoms with E-state index in [9.17, 15) is 26.4 Å². The van der Waals surface area contributed by atoms with E-state index in [1.165, 1.54) is 0 Å². The number of alkyl halides is 3. The van der Waals surface area contributed by atoms with Crippen molar-refractivity contribution >= 4 is 27.4 Å². The Labute approximate surface area is 227 Å². The third-order valence-corrected chi connectivity index (χ3v) is 8.98. The Balaban J connectivity index is 1.83. The maximum absolute atomic E-state index is 13.9. The zero-order valence-electron chi connectivity index (χ0n) is 23.0. The Morgan fingerprint density at radius 2 is 1.69 bits per heavy atom. The molecule has 0 unspecified atom stereocenters. The molecule has 0 amide bonds. The Hall–Kier alpha value is -2.79. The first-order valence-electron chi connectivity index (χ1n) is 12.9. The van der Waals surface area contributed by atoms with Gasteiger partial charge >= 0.3 is 12.1 Å². The summed E-state index contributed by atoms with van der Waals surface area (Å²) in [6, 6.07) is 9.17. The number of benzene rings is 2. The Kier molecular flexibility index (Phi) is 7.48. The number of hydrogen-bond acceptors (Lipinski definition) is 6. The topological polar surface area (TPSA) is 76.1 Å². The minimum Gasteiger partial charge on any atom is -0.440 e. The molecule has 2 aliphatic heterocycles. The standard InChI is InChI=1S/C28H35F3N2O5S/c1-7-25(34)37-24-17-33(39(35,36)21-10-8-9-20(14-21)28(29,30)31)23-13-18(11-12-22(23)32(24)6)19-15-26(2,3)38-27(4,5)16-19/h8-14,19,24H,7,15-17H2,1-6H3/t24-/m0/s1. The smallest absolute Gasteiger partial charge is 0.416 e. The molecule has 0 saturated carbocycles. The predicted molar refractivity (Wildman–Crippen MR) is 142 cm³/mol. The zero-order valence-corrected chi connectivity index (χ0v) is 23.8. The molecule has 1 fully saturated rings. The van der Waals surface area contributed by atoms with Crippen molar-refractivity contribution in [3.05, 3.63) is 53.6 Å². The van der Waals surface area contributed by atoms with Crippen molar-refractivity contribution in [1.82, 2.24) is 0 Å². The minimum atomic E-state index is -4.71. The largest absolute Gasteiger partial charge is 0.440 e. The SMILES string of the molecule is CCC(=O)O[C@H]1CN(S(=O)(=O)c2cccc(C(F)(F)F)c2)c2cc(C3CC(C)(C)OC(C)(C)C3)ccc2N1C. The first kappa shape index (κ1) is 29.2. The third-order valence-electron chi connectivity index (χ3n) is 7.21. The Morgan fingerprint density at radius 1 is 1.05 bits per heavy atom.